The van der Waals surface area contributed by atoms with E-state index in [1.54, 1.807) is 0 Å². The van der Waals surface area contributed by atoms with Gasteiger partial charge >= 0.3 is 0 Å². The van der Waals surface area contributed by atoms with Gasteiger partial charge in [-0.25, -0.2) is 8.78 Å². The normalized spacial score (nSPS) is 37.3. The molecule has 1 nitrogen and oxygen atoms in total. The predicted molar refractivity (Wildman–Crippen MR) is 20.4 cm³/mol. The van der Waals surface area contributed by atoms with E-state index in [-0.39, 0.29) is 0 Å². The van der Waals surface area contributed by atoms with Crippen LogP contribution in [0.25, 0.3) is 0 Å². The summed E-state index contributed by atoms with van der Waals surface area (Å²) >= 11 is 0. The molecule has 0 saturated carbocycles. The van der Waals surface area contributed by atoms with Crippen molar-refractivity contribution in [1.29, 1.82) is 0 Å². The Labute approximate surface area is 40.3 Å². The van der Waals surface area contributed by atoms with Gasteiger partial charge in [0.05, 0.1) is 0 Å². The summed E-state index contributed by atoms with van der Waals surface area (Å²) in [6.07, 6.45) is -0.854. The molecule has 42 valence electrons. The van der Waals surface area contributed by atoms with Crippen molar-refractivity contribution in [2.24, 2.45) is 0 Å². The summed E-state index contributed by atoms with van der Waals surface area (Å²) in [6, 6.07) is 0. The number of rotatable bonds is 0. The van der Waals surface area contributed by atoms with Gasteiger partial charge in [0.2, 0.25) is 0 Å². The minimum Gasteiger partial charge on any atom is -0.366 e. The van der Waals surface area contributed by atoms with Crippen LogP contribution in [0.3, 0.4) is 0 Å². The number of hydrogen-bond donors (Lipinski definition) is 0. The lowest BCUT2D eigenvalue weighted by molar-refractivity contribution is -0.256. The third-order valence-electron chi connectivity index (χ3n) is 1.12. The van der Waals surface area contributed by atoms with E-state index < -0.39 is 18.6 Å². The van der Waals surface area contributed by atoms with Gasteiger partial charge in [0.15, 0.2) is 0 Å². The van der Waals surface area contributed by atoms with E-state index in [0.29, 0.717) is 0 Å². The molecule has 1 heterocycles. The predicted octanol–water partition coefficient (Wildman–Crippen LogP) is 1.04. The SMILES string of the molecule is CC1OCC1(F)F. The van der Waals surface area contributed by atoms with Gasteiger partial charge in [0, 0.05) is 0 Å². The van der Waals surface area contributed by atoms with Crippen molar-refractivity contribution in [3.8, 4) is 0 Å². The van der Waals surface area contributed by atoms with Crippen LogP contribution in [0.4, 0.5) is 8.78 Å². The molecule has 0 radical (unpaired) electrons. The fraction of sp³-hybridized carbons (Fsp3) is 1.00. The van der Waals surface area contributed by atoms with E-state index in [9.17, 15) is 8.78 Å². The molecule has 0 bridgehead atoms. The second-order valence-corrected chi connectivity index (χ2v) is 1.71. The Balaban J connectivity index is 2.43. The van der Waals surface area contributed by atoms with Crippen LogP contribution in [0.2, 0.25) is 0 Å². The fourth-order valence-corrected chi connectivity index (χ4v) is 0.376. The third kappa shape index (κ3) is 0.608. The molecule has 0 aromatic rings. The zero-order valence-corrected chi connectivity index (χ0v) is 3.95. The summed E-state index contributed by atoms with van der Waals surface area (Å²) < 4.78 is 28.0. The van der Waals surface area contributed by atoms with Crippen LogP contribution in [-0.4, -0.2) is 18.6 Å². The van der Waals surface area contributed by atoms with Crippen LogP contribution in [0.15, 0.2) is 0 Å². The minimum atomic E-state index is -2.54. The molecule has 3 heteroatoms. The number of hydrogen-bond acceptors (Lipinski definition) is 1. The highest BCUT2D eigenvalue weighted by Gasteiger charge is 2.46. The molecular formula is C4H6F2O. The first-order chi connectivity index (χ1) is 3.13. The van der Waals surface area contributed by atoms with E-state index in [1.165, 1.54) is 6.92 Å². The van der Waals surface area contributed by atoms with Crippen LogP contribution in [0.5, 0.6) is 0 Å². The van der Waals surface area contributed by atoms with Crippen LogP contribution in [0.1, 0.15) is 6.92 Å². The topological polar surface area (TPSA) is 9.23 Å². The zero-order valence-electron chi connectivity index (χ0n) is 3.95. The molecule has 0 aromatic heterocycles. The Kier molecular flexibility index (Phi) is 0.819. The first-order valence-electron chi connectivity index (χ1n) is 2.12. The molecule has 0 aromatic carbocycles. The number of halogens is 2. The molecule has 0 aliphatic carbocycles. The van der Waals surface area contributed by atoms with E-state index in [1.807, 2.05) is 0 Å². The van der Waals surface area contributed by atoms with Crippen molar-refractivity contribution in [3.05, 3.63) is 0 Å². The monoisotopic (exact) mass is 108 g/mol. The molecule has 1 aliphatic heterocycles. The molecule has 1 saturated heterocycles. The highest BCUT2D eigenvalue weighted by atomic mass is 19.3. The Morgan fingerprint density at radius 3 is 2.14 bits per heavy atom. The van der Waals surface area contributed by atoms with E-state index >= 15 is 0 Å². The van der Waals surface area contributed by atoms with Gasteiger partial charge in [-0.1, -0.05) is 0 Å². The van der Waals surface area contributed by atoms with E-state index in [2.05, 4.69) is 4.74 Å². The second-order valence-electron chi connectivity index (χ2n) is 1.71. The Morgan fingerprint density at radius 2 is 2.14 bits per heavy atom. The quantitative estimate of drug-likeness (QED) is 0.450. The molecule has 0 amide bonds. The maximum atomic E-state index is 11.8. The average Bonchev–Trinajstić information content (AvgIpc) is 1.63. The average molecular weight is 108 g/mol. The summed E-state index contributed by atoms with van der Waals surface area (Å²) in [5.41, 5.74) is 0. The van der Waals surface area contributed by atoms with E-state index in [4.69, 9.17) is 0 Å². The lowest BCUT2D eigenvalue weighted by Crippen LogP contribution is -2.49. The largest absolute Gasteiger partial charge is 0.366 e. The van der Waals surface area contributed by atoms with Crippen LogP contribution < -0.4 is 0 Å². The Morgan fingerprint density at radius 1 is 1.71 bits per heavy atom. The number of ether oxygens (including phenoxy) is 1. The third-order valence-corrected chi connectivity index (χ3v) is 1.12. The van der Waals surface area contributed by atoms with Gasteiger partial charge in [-0.05, 0) is 6.92 Å². The Bertz CT molecular complexity index is 81.8. The number of alkyl halides is 2. The molecule has 1 unspecified atom stereocenters. The zero-order chi connectivity index (χ0) is 5.49. The summed E-state index contributed by atoms with van der Waals surface area (Å²) in [4.78, 5) is 0. The fourth-order valence-electron chi connectivity index (χ4n) is 0.376. The summed E-state index contributed by atoms with van der Waals surface area (Å²) in [5, 5.41) is 0. The van der Waals surface area contributed by atoms with Crippen molar-refractivity contribution in [2.75, 3.05) is 6.61 Å². The maximum Gasteiger partial charge on any atom is 0.296 e. The molecule has 1 aliphatic rings. The lowest BCUT2D eigenvalue weighted by Gasteiger charge is -2.33. The highest BCUT2D eigenvalue weighted by Crippen LogP contribution is 2.30. The molecule has 7 heavy (non-hydrogen) atoms. The van der Waals surface area contributed by atoms with Gasteiger partial charge in [-0.15, -0.1) is 0 Å². The smallest absolute Gasteiger partial charge is 0.296 e. The van der Waals surface area contributed by atoms with Crippen LogP contribution in [0, 0.1) is 0 Å². The van der Waals surface area contributed by atoms with Gasteiger partial charge in [-0.3, -0.25) is 0 Å². The van der Waals surface area contributed by atoms with Gasteiger partial charge < -0.3 is 4.74 Å². The maximum absolute atomic E-state index is 11.8. The molecule has 0 N–H and O–H groups in total. The van der Waals surface area contributed by atoms with Gasteiger partial charge in [0.25, 0.3) is 5.92 Å². The summed E-state index contributed by atoms with van der Waals surface area (Å²) in [5.74, 6) is -2.54. The highest BCUT2D eigenvalue weighted by molar-refractivity contribution is 4.82. The lowest BCUT2D eigenvalue weighted by atomic mass is 10.1. The first kappa shape index (κ1) is 4.97. The minimum absolute atomic E-state index is 0.395. The van der Waals surface area contributed by atoms with Crippen molar-refractivity contribution >= 4 is 0 Å². The summed E-state index contributed by atoms with van der Waals surface area (Å²) in [6.45, 7) is 0.970. The van der Waals surface area contributed by atoms with Crippen molar-refractivity contribution < 1.29 is 13.5 Å². The molecular weight excluding hydrogens is 102 g/mol. The van der Waals surface area contributed by atoms with Crippen LogP contribution >= 0.6 is 0 Å². The molecule has 1 atom stereocenters. The molecule has 1 fully saturated rings. The first-order valence-corrected chi connectivity index (χ1v) is 2.12. The van der Waals surface area contributed by atoms with E-state index in [0.717, 1.165) is 0 Å². The van der Waals surface area contributed by atoms with Crippen molar-refractivity contribution in [3.63, 3.8) is 0 Å². The van der Waals surface area contributed by atoms with Crippen molar-refractivity contribution in [1.82, 2.24) is 0 Å². The van der Waals surface area contributed by atoms with Crippen LogP contribution in [-0.2, 0) is 4.74 Å². The van der Waals surface area contributed by atoms with Crippen molar-refractivity contribution in [2.45, 2.75) is 19.0 Å². The van der Waals surface area contributed by atoms with Gasteiger partial charge in [0.1, 0.15) is 12.7 Å². The molecule has 0 spiro atoms. The standard InChI is InChI=1S/C4H6F2O/c1-3-4(5,6)2-7-3/h3H,2H2,1H3. The van der Waals surface area contributed by atoms with Gasteiger partial charge in [-0.2, -0.15) is 0 Å². The molecule has 1 rings (SSSR count). The Hall–Kier alpha value is -0.180. The second kappa shape index (κ2) is 1.15. The summed E-state index contributed by atoms with van der Waals surface area (Å²) in [7, 11) is 0.